The number of nitrogens with one attached hydrogen (secondary N) is 1. The number of hydrogen-bond acceptors (Lipinski definition) is 4. The number of hydrogen-bond donors (Lipinski definition) is 1. The van der Waals surface area contributed by atoms with E-state index < -0.39 is 35.4 Å². The van der Waals surface area contributed by atoms with Gasteiger partial charge in [-0.2, -0.15) is 18.3 Å². The zero-order chi connectivity index (χ0) is 20.9. The molecule has 0 aliphatic rings. The molecule has 0 aliphatic carbocycles. The molecule has 0 radical (unpaired) electrons. The van der Waals surface area contributed by atoms with E-state index in [-0.39, 0.29) is 0 Å². The zero-order valence-corrected chi connectivity index (χ0v) is 17.0. The number of amides is 1. The highest BCUT2D eigenvalue weighted by molar-refractivity contribution is 7.99. The molecular formula is C19H24F3N3O2S. The second kappa shape index (κ2) is 9.47. The van der Waals surface area contributed by atoms with Crippen LogP contribution >= 0.6 is 11.8 Å². The lowest BCUT2D eigenvalue weighted by atomic mass is 10.1. The van der Waals surface area contributed by atoms with Crippen LogP contribution in [0.5, 0.6) is 0 Å². The van der Waals surface area contributed by atoms with Gasteiger partial charge in [-0.05, 0) is 38.5 Å². The Kier molecular flexibility index (Phi) is 7.54. The first-order valence-electron chi connectivity index (χ1n) is 8.82. The third-order valence-electron chi connectivity index (χ3n) is 4.08. The van der Waals surface area contributed by atoms with Gasteiger partial charge in [-0.15, -0.1) is 11.8 Å². The van der Waals surface area contributed by atoms with Crippen LogP contribution in [-0.2, 0) is 10.9 Å². The van der Waals surface area contributed by atoms with Crippen molar-refractivity contribution < 1.29 is 22.7 Å². The Labute approximate surface area is 166 Å². The number of aromatic nitrogens is 2. The average molecular weight is 415 g/mol. The lowest BCUT2D eigenvalue weighted by molar-refractivity contribution is -0.145. The van der Waals surface area contributed by atoms with Crippen molar-refractivity contribution in [3.8, 4) is 0 Å². The van der Waals surface area contributed by atoms with E-state index in [0.29, 0.717) is 6.61 Å². The SMILES string of the molecule is COCCSc1ccc(C(C)NC(=O)c2cnn(C(C)C)c2C(F)(F)F)cc1. The summed E-state index contributed by atoms with van der Waals surface area (Å²) >= 11 is 1.64. The second-order valence-corrected chi connectivity index (χ2v) is 7.72. The van der Waals surface area contributed by atoms with Gasteiger partial charge in [0.2, 0.25) is 0 Å². The summed E-state index contributed by atoms with van der Waals surface area (Å²) in [6.45, 7) is 5.53. The summed E-state index contributed by atoms with van der Waals surface area (Å²) in [5.41, 5.74) is -0.703. The van der Waals surface area contributed by atoms with Crippen LogP contribution in [0.2, 0.25) is 0 Å². The standard InChI is InChI=1S/C19H24F3N3O2S/c1-12(2)25-17(19(20,21)22)16(11-23-25)18(26)24-13(3)14-5-7-15(8-6-14)28-10-9-27-4/h5-8,11-13H,9-10H2,1-4H3,(H,24,26). The summed E-state index contributed by atoms with van der Waals surface area (Å²) in [7, 11) is 1.64. The van der Waals surface area contributed by atoms with Crippen LogP contribution in [0.1, 0.15) is 54.5 Å². The molecule has 1 heterocycles. The lowest BCUT2D eigenvalue weighted by Crippen LogP contribution is -2.29. The van der Waals surface area contributed by atoms with Crippen LogP contribution < -0.4 is 5.32 Å². The molecule has 0 bridgehead atoms. The molecule has 154 valence electrons. The van der Waals surface area contributed by atoms with Crippen LogP contribution in [0.15, 0.2) is 35.4 Å². The van der Waals surface area contributed by atoms with Crippen molar-refractivity contribution in [2.75, 3.05) is 19.5 Å². The van der Waals surface area contributed by atoms with E-state index >= 15 is 0 Å². The maximum absolute atomic E-state index is 13.4. The summed E-state index contributed by atoms with van der Waals surface area (Å²) in [4.78, 5) is 13.5. The fraction of sp³-hybridized carbons (Fsp3) is 0.474. The Balaban J connectivity index is 2.12. The Morgan fingerprint density at radius 3 is 2.43 bits per heavy atom. The highest BCUT2D eigenvalue weighted by atomic mass is 32.2. The number of alkyl halides is 3. The van der Waals surface area contributed by atoms with Gasteiger partial charge >= 0.3 is 6.18 Å². The quantitative estimate of drug-likeness (QED) is 0.501. The molecule has 1 atom stereocenters. The third kappa shape index (κ3) is 5.51. The van der Waals surface area contributed by atoms with E-state index in [9.17, 15) is 18.0 Å². The van der Waals surface area contributed by atoms with Gasteiger partial charge in [0, 0.05) is 23.8 Å². The van der Waals surface area contributed by atoms with Crippen LogP contribution in [0, 0.1) is 0 Å². The molecule has 1 aromatic carbocycles. The molecule has 0 fully saturated rings. The molecule has 2 rings (SSSR count). The van der Waals surface area contributed by atoms with Gasteiger partial charge in [0.25, 0.3) is 5.91 Å². The Bertz CT molecular complexity index is 789. The number of benzene rings is 1. The Morgan fingerprint density at radius 1 is 1.25 bits per heavy atom. The Morgan fingerprint density at radius 2 is 1.89 bits per heavy atom. The van der Waals surface area contributed by atoms with Gasteiger partial charge in [-0.1, -0.05) is 12.1 Å². The summed E-state index contributed by atoms with van der Waals surface area (Å²) in [5, 5.41) is 6.38. The lowest BCUT2D eigenvalue weighted by Gasteiger charge is -2.17. The van der Waals surface area contributed by atoms with Crippen LogP contribution in [0.3, 0.4) is 0 Å². The van der Waals surface area contributed by atoms with Crippen molar-refractivity contribution in [2.45, 2.75) is 43.9 Å². The fourth-order valence-electron chi connectivity index (χ4n) is 2.66. The molecule has 0 spiro atoms. The summed E-state index contributed by atoms with van der Waals surface area (Å²) < 4.78 is 46.2. The largest absolute Gasteiger partial charge is 0.433 e. The maximum Gasteiger partial charge on any atom is 0.433 e. The Hall–Kier alpha value is -2.00. The van der Waals surface area contributed by atoms with Gasteiger partial charge in [-0.3, -0.25) is 9.48 Å². The van der Waals surface area contributed by atoms with Crippen LogP contribution in [0.4, 0.5) is 13.2 Å². The predicted octanol–water partition coefficient (Wildman–Crippen LogP) is 4.71. The second-order valence-electron chi connectivity index (χ2n) is 6.55. The molecule has 5 nitrogen and oxygen atoms in total. The molecule has 0 aliphatic heterocycles. The maximum atomic E-state index is 13.4. The molecule has 28 heavy (non-hydrogen) atoms. The van der Waals surface area contributed by atoms with Crippen molar-refractivity contribution in [1.82, 2.24) is 15.1 Å². The molecule has 0 saturated heterocycles. The molecule has 0 saturated carbocycles. The number of carbonyl (C=O) groups is 1. The molecule has 1 unspecified atom stereocenters. The predicted molar refractivity (Wildman–Crippen MR) is 103 cm³/mol. The highest BCUT2D eigenvalue weighted by Gasteiger charge is 2.40. The molecule has 1 aromatic heterocycles. The number of rotatable bonds is 8. The van der Waals surface area contributed by atoms with Gasteiger partial charge < -0.3 is 10.1 Å². The van der Waals surface area contributed by atoms with E-state index in [2.05, 4.69) is 10.4 Å². The fourth-order valence-corrected chi connectivity index (χ4v) is 3.47. The van der Waals surface area contributed by atoms with E-state index in [4.69, 9.17) is 4.74 Å². The topological polar surface area (TPSA) is 56.1 Å². The van der Waals surface area contributed by atoms with E-state index in [1.807, 2.05) is 24.3 Å². The monoisotopic (exact) mass is 415 g/mol. The summed E-state index contributed by atoms with van der Waals surface area (Å²) in [5.74, 6) is 0.0209. The van der Waals surface area contributed by atoms with Crippen molar-refractivity contribution >= 4 is 17.7 Å². The minimum absolute atomic E-state index is 0.450. The average Bonchev–Trinajstić information content (AvgIpc) is 3.08. The van der Waals surface area contributed by atoms with Gasteiger partial charge in [0.1, 0.15) is 0 Å². The number of carbonyl (C=O) groups excluding carboxylic acids is 1. The molecule has 9 heteroatoms. The van der Waals surface area contributed by atoms with Gasteiger partial charge in [0.05, 0.1) is 24.4 Å². The zero-order valence-electron chi connectivity index (χ0n) is 16.2. The van der Waals surface area contributed by atoms with E-state index in [1.54, 1.807) is 39.6 Å². The molecule has 2 aromatic rings. The summed E-state index contributed by atoms with van der Waals surface area (Å²) in [6.07, 6.45) is -3.70. The molecule has 1 amide bonds. The summed E-state index contributed by atoms with van der Waals surface area (Å²) in [6, 6.07) is 6.56. The smallest absolute Gasteiger partial charge is 0.384 e. The van der Waals surface area contributed by atoms with E-state index in [0.717, 1.165) is 27.1 Å². The van der Waals surface area contributed by atoms with Gasteiger partial charge in [0.15, 0.2) is 5.69 Å². The molecular weight excluding hydrogens is 391 g/mol. The van der Waals surface area contributed by atoms with Crippen molar-refractivity contribution in [1.29, 1.82) is 0 Å². The third-order valence-corrected chi connectivity index (χ3v) is 5.06. The van der Waals surface area contributed by atoms with E-state index in [1.165, 1.54) is 0 Å². The van der Waals surface area contributed by atoms with Crippen molar-refractivity contribution in [2.24, 2.45) is 0 Å². The van der Waals surface area contributed by atoms with Crippen molar-refractivity contribution in [3.05, 3.63) is 47.3 Å². The molecule has 1 N–H and O–H groups in total. The first-order chi connectivity index (χ1) is 13.1. The van der Waals surface area contributed by atoms with Crippen LogP contribution in [0.25, 0.3) is 0 Å². The first-order valence-corrected chi connectivity index (χ1v) is 9.81. The van der Waals surface area contributed by atoms with Crippen LogP contribution in [-0.4, -0.2) is 35.2 Å². The minimum Gasteiger partial charge on any atom is -0.384 e. The van der Waals surface area contributed by atoms with Gasteiger partial charge in [-0.25, -0.2) is 0 Å². The number of halogens is 3. The number of methoxy groups -OCH3 is 1. The number of ether oxygens (including phenoxy) is 1. The number of nitrogens with zero attached hydrogens (tertiary/aromatic N) is 2. The van der Waals surface area contributed by atoms with Crippen molar-refractivity contribution in [3.63, 3.8) is 0 Å². The highest BCUT2D eigenvalue weighted by Crippen LogP contribution is 2.33. The normalized spacial score (nSPS) is 13.0. The minimum atomic E-state index is -4.67. The number of thioether (sulfide) groups is 1. The first kappa shape index (κ1) is 22.3.